The molecule has 1 spiro atoms. The van der Waals surface area contributed by atoms with Crippen molar-refractivity contribution >= 4 is 40.7 Å². The van der Waals surface area contributed by atoms with Gasteiger partial charge in [0.25, 0.3) is 5.91 Å². The van der Waals surface area contributed by atoms with E-state index in [-0.39, 0.29) is 29.7 Å². The van der Waals surface area contributed by atoms with Crippen LogP contribution < -0.4 is 20.4 Å². The zero-order valence-electron chi connectivity index (χ0n) is 18.1. The summed E-state index contributed by atoms with van der Waals surface area (Å²) in [4.78, 5) is 54.9. The highest BCUT2D eigenvalue weighted by Gasteiger charge is 2.71. The van der Waals surface area contributed by atoms with E-state index < -0.39 is 17.4 Å². The molecule has 32 heavy (non-hydrogen) atoms. The van der Waals surface area contributed by atoms with Crippen LogP contribution in [0.4, 0.5) is 17.1 Å². The number of anilines is 3. The number of hydrogen-bond acceptors (Lipinski definition) is 5. The Morgan fingerprint density at radius 3 is 2.41 bits per heavy atom. The van der Waals surface area contributed by atoms with Crippen LogP contribution in [0.2, 0.25) is 0 Å². The molecule has 5 rings (SSSR count). The molecule has 4 amide bonds. The minimum atomic E-state index is -1.26. The fourth-order valence-electron chi connectivity index (χ4n) is 5.56. The van der Waals surface area contributed by atoms with E-state index >= 15 is 0 Å². The van der Waals surface area contributed by atoms with Gasteiger partial charge in [-0.15, -0.1) is 0 Å². The fourth-order valence-corrected chi connectivity index (χ4v) is 5.56. The van der Waals surface area contributed by atoms with E-state index in [1.807, 2.05) is 31.2 Å². The first kappa shape index (κ1) is 20.4. The lowest BCUT2D eigenvalue weighted by atomic mass is 9.76. The average Bonchev–Trinajstić information content (AvgIpc) is 3.34. The van der Waals surface area contributed by atoms with Gasteiger partial charge in [-0.25, -0.2) is 4.90 Å². The van der Waals surface area contributed by atoms with E-state index in [9.17, 15) is 19.2 Å². The van der Waals surface area contributed by atoms with Gasteiger partial charge in [0.1, 0.15) is 5.54 Å². The predicted octanol–water partition coefficient (Wildman–Crippen LogP) is 2.00. The second-order valence-electron chi connectivity index (χ2n) is 8.59. The summed E-state index contributed by atoms with van der Waals surface area (Å²) in [6, 6.07) is 13.7. The molecule has 2 aromatic carbocycles. The Bertz CT molecular complexity index is 1160. The Labute approximate surface area is 185 Å². The molecular weight excluding hydrogens is 408 g/mol. The van der Waals surface area contributed by atoms with Crippen molar-refractivity contribution in [3.63, 3.8) is 0 Å². The molecule has 0 radical (unpaired) electrons. The van der Waals surface area contributed by atoms with Crippen LogP contribution >= 0.6 is 0 Å². The first-order valence-electron chi connectivity index (χ1n) is 10.7. The lowest BCUT2D eigenvalue weighted by molar-refractivity contribution is -0.131. The number of nitrogens with zero attached hydrogens (tertiary/aromatic N) is 2. The minimum absolute atomic E-state index is 0.207. The van der Waals surface area contributed by atoms with E-state index in [4.69, 9.17) is 0 Å². The van der Waals surface area contributed by atoms with Crippen LogP contribution in [0, 0.1) is 11.8 Å². The van der Waals surface area contributed by atoms with Crippen LogP contribution in [-0.2, 0) is 24.7 Å². The van der Waals surface area contributed by atoms with E-state index in [1.54, 1.807) is 36.2 Å². The van der Waals surface area contributed by atoms with Gasteiger partial charge in [-0.1, -0.05) is 25.1 Å². The zero-order chi connectivity index (χ0) is 22.8. The van der Waals surface area contributed by atoms with Crippen LogP contribution in [0.25, 0.3) is 0 Å². The van der Waals surface area contributed by atoms with Gasteiger partial charge >= 0.3 is 0 Å². The summed E-state index contributed by atoms with van der Waals surface area (Å²) in [7, 11) is 1.70. The van der Waals surface area contributed by atoms with E-state index in [2.05, 4.69) is 10.6 Å². The van der Waals surface area contributed by atoms with Crippen molar-refractivity contribution in [3.05, 3.63) is 54.1 Å². The molecular formula is C24H24N4O4. The van der Waals surface area contributed by atoms with Crippen molar-refractivity contribution in [2.24, 2.45) is 11.8 Å². The molecule has 2 aromatic rings. The summed E-state index contributed by atoms with van der Waals surface area (Å²) in [5.74, 6) is -2.56. The molecule has 164 valence electrons. The number of rotatable bonds is 3. The lowest BCUT2D eigenvalue weighted by Gasteiger charge is -2.30. The highest BCUT2D eigenvalue weighted by Crippen LogP contribution is 2.55. The van der Waals surface area contributed by atoms with Crippen LogP contribution in [0.15, 0.2) is 48.5 Å². The molecule has 3 aliphatic heterocycles. The van der Waals surface area contributed by atoms with Crippen LogP contribution in [0.3, 0.4) is 0 Å². The van der Waals surface area contributed by atoms with Gasteiger partial charge in [0, 0.05) is 37.0 Å². The Morgan fingerprint density at radius 1 is 1.06 bits per heavy atom. The normalized spacial score (nSPS) is 28.5. The van der Waals surface area contributed by atoms with Gasteiger partial charge in [-0.2, -0.15) is 0 Å². The first-order valence-corrected chi connectivity index (χ1v) is 10.7. The lowest BCUT2D eigenvalue weighted by Crippen LogP contribution is -2.54. The van der Waals surface area contributed by atoms with Crippen molar-refractivity contribution in [1.29, 1.82) is 0 Å². The topological polar surface area (TPSA) is 98.8 Å². The SMILES string of the molecule is CC[C@H]1N[C@]2(C(=O)N(C)c3ccccc32)[C@@H]2C(=O)N(c3ccc(NC(C)=O)cc3)C(=O)[C@@H]21. The van der Waals surface area contributed by atoms with Gasteiger partial charge in [-0.3, -0.25) is 24.5 Å². The first-order chi connectivity index (χ1) is 15.3. The van der Waals surface area contributed by atoms with Gasteiger partial charge in [-0.05, 0) is 36.8 Å². The summed E-state index contributed by atoms with van der Waals surface area (Å²) >= 11 is 0. The molecule has 0 unspecified atom stereocenters. The summed E-state index contributed by atoms with van der Waals surface area (Å²) in [5, 5.41) is 6.09. The summed E-state index contributed by atoms with van der Waals surface area (Å²) in [6.45, 7) is 3.36. The number of amides is 4. The van der Waals surface area contributed by atoms with Crippen molar-refractivity contribution in [2.45, 2.75) is 31.8 Å². The Kier molecular flexibility index (Phi) is 4.46. The van der Waals surface area contributed by atoms with Crippen molar-refractivity contribution in [3.8, 4) is 0 Å². The molecule has 0 bridgehead atoms. The average molecular weight is 432 g/mol. The molecule has 0 aliphatic carbocycles. The van der Waals surface area contributed by atoms with Gasteiger partial charge in [0.15, 0.2) is 0 Å². The number of nitrogens with one attached hydrogen (secondary N) is 2. The number of para-hydroxylation sites is 1. The number of fused-ring (bicyclic) bond motifs is 4. The third-order valence-electron chi connectivity index (χ3n) is 6.88. The second-order valence-corrected chi connectivity index (χ2v) is 8.59. The van der Waals surface area contributed by atoms with Crippen molar-refractivity contribution in [1.82, 2.24) is 5.32 Å². The monoisotopic (exact) mass is 432 g/mol. The van der Waals surface area contributed by atoms with E-state index in [0.717, 1.165) is 11.3 Å². The van der Waals surface area contributed by atoms with Gasteiger partial charge < -0.3 is 10.2 Å². The number of carbonyl (C=O) groups is 4. The van der Waals surface area contributed by atoms with Crippen LogP contribution in [0.1, 0.15) is 25.8 Å². The number of hydrogen-bond donors (Lipinski definition) is 2. The van der Waals surface area contributed by atoms with Gasteiger partial charge in [0.2, 0.25) is 17.7 Å². The fraction of sp³-hybridized carbons (Fsp3) is 0.333. The molecule has 0 aromatic heterocycles. The molecule has 3 heterocycles. The van der Waals surface area contributed by atoms with Crippen molar-refractivity contribution in [2.75, 3.05) is 22.2 Å². The molecule has 4 atom stereocenters. The Hall–Kier alpha value is -3.52. The van der Waals surface area contributed by atoms with Crippen LogP contribution in [-0.4, -0.2) is 36.7 Å². The maximum atomic E-state index is 13.8. The molecule has 0 saturated carbocycles. The summed E-state index contributed by atoms with van der Waals surface area (Å²) < 4.78 is 0. The van der Waals surface area contributed by atoms with E-state index in [0.29, 0.717) is 17.8 Å². The quantitative estimate of drug-likeness (QED) is 0.723. The summed E-state index contributed by atoms with van der Waals surface area (Å²) in [6.07, 6.45) is 0.608. The minimum Gasteiger partial charge on any atom is -0.326 e. The number of imide groups is 1. The maximum absolute atomic E-state index is 13.8. The number of benzene rings is 2. The van der Waals surface area contributed by atoms with Gasteiger partial charge in [0.05, 0.1) is 17.5 Å². The largest absolute Gasteiger partial charge is 0.326 e. The third kappa shape index (κ3) is 2.53. The standard InChI is InChI=1S/C24H24N4O4/c1-4-17-19-20(24(26-17)16-7-5-6-8-18(16)27(3)23(24)32)22(31)28(21(19)30)15-11-9-14(10-12-15)25-13(2)29/h5-12,17,19-20,26H,4H2,1-3H3,(H,25,29)/t17-,19-,20+,24+/m1/s1. The maximum Gasteiger partial charge on any atom is 0.252 e. The van der Waals surface area contributed by atoms with E-state index in [1.165, 1.54) is 11.8 Å². The molecule has 8 nitrogen and oxygen atoms in total. The molecule has 2 fully saturated rings. The second kappa shape index (κ2) is 7.00. The molecule has 3 aliphatic rings. The highest BCUT2D eigenvalue weighted by atomic mass is 16.2. The third-order valence-corrected chi connectivity index (χ3v) is 6.88. The zero-order valence-corrected chi connectivity index (χ0v) is 18.1. The Morgan fingerprint density at radius 2 is 1.75 bits per heavy atom. The predicted molar refractivity (Wildman–Crippen MR) is 119 cm³/mol. The number of likely N-dealkylation sites (N-methyl/N-ethyl adjacent to an activating group) is 1. The molecule has 2 N–H and O–H groups in total. The molecule has 8 heteroatoms. The number of carbonyl (C=O) groups excluding carboxylic acids is 4. The summed E-state index contributed by atoms with van der Waals surface area (Å²) in [5.41, 5.74) is 1.24. The van der Waals surface area contributed by atoms with Crippen LogP contribution in [0.5, 0.6) is 0 Å². The highest BCUT2D eigenvalue weighted by molar-refractivity contribution is 6.26. The Balaban J connectivity index is 1.60. The molecule has 2 saturated heterocycles. The van der Waals surface area contributed by atoms with Crippen molar-refractivity contribution < 1.29 is 19.2 Å². The smallest absolute Gasteiger partial charge is 0.252 e.